The predicted octanol–water partition coefficient (Wildman–Crippen LogP) is 4.23. The van der Waals surface area contributed by atoms with Crippen molar-refractivity contribution >= 4 is 17.4 Å². The smallest absolute Gasteiger partial charge is 0.336 e. The zero-order valence-electron chi connectivity index (χ0n) is 12.7. The van der Waals surface area contributed by atoms with Gasteiger partial charge in [-0.2, -0.15) is 5.10 Å². The van der Waals surface area contributed by atoms with E-state index in [1.165, 1.54) is 0 Å². The zero-order valence-corrected chi connectivity index (χ0v) is 12.7. The number of nitrogens with one attached hydrogen (secondary N) is 1. The number of carboxylic acid groups (broad SMARTS) is 1. The number of aromatic carboxylic acids is 1. The Labute approximate surface area is 139 Å². The zero-order chi connectivity index (χ0) is 16.5. The Kier molecular flexibility index (Phi) is 3.35. The van der Waals surface area contributed by atoms with E-state index in [0.29, 0.717) is 5.56 Å². The second-order valence-corrected chi connectivity index (χ2v) is 5.52. The van der Waals surface area contributed by atoms with Crippen molar-refractivity contribution in [2.75, 3.05) is 5.43 Å². The molecule has 1 aliphatic rings. The summed E-state index contributed by atoms with van der Waals surface area (Å²) in [7, 11) is 0. The maximum absolute atomic E-state index is 11.6. The van der Waals surface area contributed by atoms with Crippen molar-refractivity contribution in [1.29, 1.82) is 0 Å². The monoisotopic (exact) mass is 314 g/mol. The molecule has 0 saturated heterocycles. The van der Waals surface area contributed by atoms with Gasteiger partial charge in [-0.1, -0.05) is 54.6 Å². The van der Waals surface area contributed by atoms with Crippen LogP contribution in [0.5, 0.6) is 0 Å². The van der Waals surface area contributed by atoms with E-state index in [2.05, 4.69) is 10.5 Å². The first-order valence-corrected chi connectivity index (χ1v) is 7.61. The van der Waals surface area contributed by atoms with Crippen LogP contribution in [-0.4, -0.2) is 16.8 Å². The largest absolute Gasteiger partial charge is 0.478 e. The van der Waals surface area contributed by atoms with Crippen LogP contribution in [0.2, 0.25) is 0 Å². The van der Waals surface area contributed by atoms with Gasteiger partial charge >= 0.3 is 5.97 Å². The molecule has 0 aromatic heterocycles. The number of hydrogen-bond donors (Lipinski definition) is 2. The van der Waals surface area contributed by atoms with Gasteiger partial charge in [-0.05, 0) is 23.8 Å². The molecular weight excluding hydrogens is 300 g/mol. The number of carboxylic acids is 1. The molecule has 4 rings (SSSR count). The predicted molar refractivity (Wildman–Crippen MR) is 94.5 cm³/mol. The van der Waals surface area contributed by atoms with Gasteiger partial charge in [-0.25, -0.2) is 4.79 Å². The molecule has 0 atom stereocenters. The van der Waals surface area contributed by atoms with Crippen molar-refractivity contribution in [3.63, 3.8) is 0 Å². The minimum Gasteiger partial charge on any atom is -0.478 e. The Morgan fingerprint density at radius 3 is 2.21 bits per heavy atom. The maximum Gasteiger partial charge on any atom is 0.336 e. The third kappa shape index (κ3) is 2.25. The molecule has 0 fully saturated rings. The van der Waals surface area contributed by atoms with Crippen LogP contribution in [0.15, 0.2) is 77.9 Å². The number of hydrogen-bond acceptors (Lipinski definition) is 3. The Bertz CT molecular complexity index is 962. The second-order valence-electron chi connectivity index (χ2n) is 5.52. The first-order valence-electron chi connectivity index (χ1n) is 7.61. The molecular formula is C20H14N2O2. The van der Waals surface area contributed by atoms with Crippen LogP contribution in [0.25, 0.3) is 11.1 Å². The van der Waals surface area contributed by atoms with Crippen molar-refractivity contribution < 1.29 is 9.90 Å². The van der Waals surface area contributed by atoms with E-state index in [-0.39, 0.29) is 0 Å². The molecule has 2 N–H and O–H groups in total. The van der Waals surface area contributed by atoms with Gasteiger partial charge in [0.15, 0.2) is 0 Å². The quantitative estimate of drug-likeness (QED) is 0.556. The summed E-state index contributed by atoms with van der Waals surface area (Å²) in [5, 5.41) is 14.1. The van der Waals surface area contributed by atoms with Gasteiger partial charge in [-0.3, -0.25) is 5.43 Å². The second kappa shape index (κ2) is 5.66. The fraction of sp³-hybridized carbons (Fsp3) is 0. The summed E-state index contributed by atoms with van der Waals surface area (Å²) in [6.45, 7) is 0. The Hall–Kier alpha value is -3.40. The molecule has 0 saturated carbocycles. The van der Waals surface area contributed by atoms with Crippen LogP contribution in [0.4, 0.5) is 5.69 Å². The first-order chi connectivity index (χ1) is 11.8. The number of anilines is 1. The van der Waals surface area contributed by atoms with Gasteiger partial charge in [0.05, 0.1) is 17.0 Å². The summed E-state index contributed by atoms with van der Waals surface area (Å²) in [6, 6.07) is 22.7. The van der Waals surface area contributed by atoms with E-state index >= 15 is 0 Å². The lowest BCUT2D eigenvalue weighted by molar-refractivity contribution is 0.0697. The lowest BCUT2D eigenvalue weighted by Crippen LogP contribution is -2.04. The molecule has 0 amide bonds. The van der Waals surface area contributed by atoms with Crippen molar-refractivity contribution in [2.45, 2.75) is 0 Å². The molecule has 4 nitrogen and oxygen atoms in total. The van der Waals surface area contributed by atoms with Crippen LogP contribution in [0.3, 0.4) is 0 Å². The molecule has 0 aliphatic heterocycles. The van der Waals surface area contributed by atoms with E-state index in [0.717, 1.165) is 33.7 Å². The normalized spacial score (nSPS) is 13.4. The third-order valence-electron chi connectivity index (χ3n) is 4.07. The summed E-state index contributed by atoms with van der Waals surface area (Å²) in [5.74, 6) is -0.932. The molecule has 0 unspecified atom stereocenters. The average Bonchev–Trinajstić information content (AvgIpc) is 2.94. The number of hydrazone groups is 1. The summed E-state index contributed by atoms with van der Waals surface area (Å²) in [6.07, 6.45) is 0. The number of nitrogens with zero attached hydrogens (tertiary/aromatic N) is 1. The van der Waals surface area contributed by atoms with Crippen LogP contribution in [-0.2, 0) is 0 Å². The fourth-order valence-corrected chi connectivity index (χ4v) is 3.02. The highest BCUT2D eigenvalue weighted by atomic mass is 16.4. The lowest BCUT2D eigenvalue weighted by atomic mass is 10.00. The van der Waals surface area contributed by atoms with Crippen LogP contribution >= 0.6 is 0 Å². The van der Waals surface area contributed by atoms with Crippen LogP contribution < -0.4 is 5.43 Å². The van der Waals surface area contributed by atoms with Crippen molar-refractivity contribution in [2.24, 2.45) is 5.10 Å². The summed E-state index contributed by atoms with van der Waals surface area (Å²) in [5.41, 5.74) is 8.39. The highest BCUT2D eigenvalue weighted by Gasteiger charge is 2.28. The fourth-order valence-electron chi connectivity index (χ4n) is 3.02. The lowest BCUT2D eigenvalue weighted by Gasteiger charge is -2.05. The molecule has 116 valence electrons. The number of benzene rings is 3. The standard InChI is InChI=1S/C20H14N2O2/c23-20(24)17-12-6-11-16-18(17)14-9-4-5-10-15(14)19(16)22-21-13-7-2-1-3-8-13/h1-12,21H,(H,23,24)/b22-19-. The minimum atomic E-state index is -0.932. The van der Waals surface area contributed by atoms with Gasteiger partial charge in [0.25, 0.3) is 0 Å². The van der Waals surface area contributed by atoms with Gasteiger partial charge in [-0.15, -0.1) is 0 Å². The number of rotatable bonds is 3. The van der Waals surface area contributed by atoms with Crippen molar-refractivity contribution in [3.8, 4) is 11.1 Å². The SMILES string of the molecule is O=C(O)c1cccc2c1-c1ccccc1/C2=N/Nc1ccccc1. The molecule has 0 radical (unpaired) electrons. The van der Waals surface area contributed by atoms with E-state index in [4.69, 9.17) is 0 Å². The maximum atomic E-state index is 11.6. The topological polar surface area (TPSA) is 61.7 Å². The van der Waals surface area contributed by atoms with Crippen molar-refractivity contribution in [3.05, 3.63) is 89.5 Å². The molecule has 0 bridgehead atoms. The summed E-state index contributed by atoms with van der Waals surface area (Å²) in [4.78, 5) is 11.6. The molecule has 0 spiro atoms. The summed E-state index contributed by atoms with van der Waals surface area (Å²) < 4.78 is 0. The molecule has 0 heterocycles. The summed E-state index contributed by atoms with van der Waals surface area (Å²) >= 11 is 0. The first kappa shape index (κ1) is 14.2. The van der Waals surface area contributed by atoms with Gasteiger partial charge in [0, 0.05) is 16.7 Å². The highest BCUT2D eigenvalue weighted by Crippen LogP contribution is 2.39. The van der Waals surface area contributed by atoms with Crippen LogP contribution in [0, 0.1) is 0 Å². The van der Waals surface area contributed by atoms with Gasteiger partial charge in [0.2, 0.25) is 0 Å². The van der Waals surface area contributed by atoms with Gasteiger partial charge < -0.3 is 5.11 Å². The van der Waals surface area contributed by atoms with E-state index in [1.54, 1.807) is 12.1 Å². The average molecular weight is 314 g/mol. The van der Waals surface area contributed by atoms with Crippen molar-refractivity contribution in [1.82, 2.24) is 0 Å². The minimum absolute atomic E-state index is 0.296. The molecule has 3 aromatic rings. The molecule has 1 aliphatic carbocycles. The molecule has 4 heteroatoms. The Morgan fingerprint density at radius 1 is 0.792 bits per heavy atom. The molecule has 24 heavy (non-hydrogen) atoms. The highest BCUT2D eigenvalue weighted by molar-refractivity contribution is 6.26. The van der Waals surface area contributed by atoms with E-state index in [9.17, 15) is 9.90 Å². The van der Waals surface area contributed by atoms with Crippen LogP contribution in [0.1, 0.15) is 21.5 Å². The molecule has 3 aromatic carbocycles. The Morgan fingerprint density at radius 2 is 1.46 bits per heavy atom. The third-order valence-corrected chi connectivity index (χ3v) is 4.07. The number of carbonyl (C=O) groups is 1. The number of para-hydroxylation sites is 1. The number of fused-ring (bicyclic) bond motifs is 3. The van der Waals surface area contributed by atoms with Gasteiger partial charge in [0.1, 0.15) is 0 Å². The Balaban J connectivity index is 1.88. The van der Waals surface area contributed by atoms with E-state index in [1.807, 2.05) is 60.7 Å². The van der Waals surface area contributed by atoms with E-state index < -0.39 is 5.97 Å².